The third-order valence-corrected chi connectivity index (χ3v) is 14.9. The first-order valence-corrected chi connectivity index (χ1v) is 23.2. The van der Waals surface area contributed by atoms with Gasteiger partial charge in [0, 0.05) is 0 Å². The first-order chi connectivity index (χ1) is 32.6. The smallest absolute Gasteiger partial charge is 0.00108 e. The van der Waals surface area contributed by atoms with E-state index in [0.29, 0.717) is 0 Å². The number of hydrogen-bond acceptors (Lipinski definition) is 0. The molecule has 0 heterocycles. The monoisotopic (exact) mass is 834 g/mol. The first kappa shape index (κ1) is 37.1. The zero-order valence-electron chi connectivity index (χ0n) is 36.8. The molecule has 0 atom stereocenters. The van der Waals surface area contributed by atoms with E-state index in [1.807, 2.05) is 0 Å². The van der Waals surface area contributed by atoms with Crippen LogP contribution in [-0.4, -0.2) is 0 Å². The zero-order valence-corrected chi connectivity index (χ0v) is 36.8. The Morgan fingerprint density at radius 3 is 1.47 bits per heavy atom. The Kier molecular flexibility index (Phi) is 7.92. The molecule has 2 aliphatic rings. The molecule has 0 unspecified atom stereocenters. The van der Waals surface area contributed by atoms with E-state index < -0.39 is 0 Å². The van der Waals surface area contributed by atoms with E-state index in [0.717, 1.165) is 0 Å². The lowest BCUT2D eigenvalue weighted by Gasteiger charge is -2.21. The second-order valence-corrected chi connectivity index (χ2v) is 18.3. The van der Waals surface area contributed by atoms with E-state index in [4.69, 9.17) is 0 Å². The number of fused-ring (bicyclic) bond motifs is 9. The van der Waals surface area contributed by atoms with Crippen molar-refractivity contribution in [3.63, 3.8) is 0 Å². The SMILES string of the molecule is Cc1c(C)c2c3c(ccc4c3c1-c1cc3c(-c5ccccc5)c5ccccc5c(-c5ccccc5-c5ccccc5)c3cc1-4)-c1c-2cc2ccccc2c1-c1cccc(-c2ccccc2)c1. The molecule has 12 aromatic carbocycles. The van der Waals surface area contributed by atoms with E-state index in [2.05, 4.69) is 232 Å². The molecule has 66 heavy (non-hydrogen) atoms. The maximum atomic E-state index is 2.56. The van der Waals surface area contributed by atoms with Gasteiger partial charge in [-0.15, -0.1) is 0 Å². The molecule has 0 saturated carbocycles. The lowest BCUT2D eigenvalue weighted by Crippen LogP contribution is -1.94. The molecule has 306 valence electrons. The molecule has 0 spiro atoms. The summed E-state index contributed by atoms with van der Waals surface area (Å²) in [5, 5.41) is 10.4. The van der Waals surface area contributed by atoms with Crippen molar-refractivity contribution < 1.29 is 0 Å². The Hall–Kier alpha value is -8.32. The Morgan fingerprint density at radius 1 is 0.212 bits per heavy atom. The highest BCUT2D eigenvalue weighted by atomic mass is 14.4. The van der Waals surface area contributed by atoms with Gasteiger partial charge in [0.25, 0.3) is 0 Å². The topological polar surface area (TPSA) is 0 Å². The van der Waals surface area contributed by atoms with E-state index >= 15 is 0 Å². The molecule has 0 aliphatic heterocycles. The van der Waals surface area contributed by atoms with Crippen molar-refractivity contribution in [1.82, 2.24) is 0 Å². The molecule has 0 radical (unpaired) electrons. The highest BCUT2D eigenvalue weighted by Crippen LogP contribution is 2.62. The summed E-state index contributed by atoms with van der Waals surface area (Å²) in [6.45, 7) is 4.75. The van der Waals surface area contributed by atoms with Crippen molar-refractivity contribution in [2.45, 2.75) is 13.8 Å². The fourth-order valence-electron chi connectivity index (χ4n) is 12.0. The van der Waals surface area contributed by atoms with Gasteiger partial charge in [-0.1, -0.05) is 194 Å². The van der Waals surface area contributed by atoms with Gasteiger partial charge in [-0.3, -0.25) is 0 Å². The Balaban J connectivity index is 1.09. The maximum Gasteiger partial charge on any atom is -0.00108 e. The predicted octanol–water partition coefficient (Wildman–Crippen LogP) is 18.5. The molecule has 0 amide bonds. The predicted molar refractivity (Wildman–Crippen MR) is 282 cm³/mol. The van der Waals surface area contributed by atoms with Crippen molar-refractivity contribution in [2.75, 3.05) is 0 Å². The Morgan fingerprint density at radius 2 is 0.727 bits per heavy atom. The minimum absolute atomic E-state index is 1.22. The molecule has 0 fully saturated rings. The molecule has 14 rings (SSSR count). The average molecular weight is 835 g/mol. The van der Waals surface area contributed by atoms with Crippen molar-refractivity contribution in [3.05, 3.63) is 230 Å². The third-order valence-electron chi connectivity index (χ3n) is 14.9. The van der Waals surface area contributed by atoms with Gasteiger partial charge in [0.15, 0.2) is 0 Å². The van der Waals surface area contributed by atoms with E-state index in [1.165, 1.54) is 154 Å². The van der Waals surface area contributed by atoms with Gasteiger partial charge in [-0.25, -0.2) is 0 Å². The maximum absolute atomic E-state index is 2.56. The second-order valence-electron chi connectivity index (χ2n) is 18.3. The van der Waals surface area contributed by atoms with Crippen LogP contribution in [-0.2, 0) is 0 Å². The first-order valence-electron chi connectivity index (χ1n) is 23.2. The van der Waals surface area contributed by atoms with Crippen LogP contribution >= 0.6 is 0 Å². The fourth-order valence-corrected chi connectivity index (χ4v) is 12.0. The zero-order chi connectivity index (χ0) is 43.6. The van der Waals surface area contributed by atoms with Crippen LogP contribution < -0.4 is 0 Å². The highest BCUT2D eigenvalue weighted by Gasteiger charge is 2.35. The molecule has 0 heteroatoms. The van der Waals surface area contributed by atoms with Crippen molar-refractivity contribution in [3.8, 4) is 100 Å². The van der Waals surface area contributed by atoms with Gasteiger partial charge in [0.1, 0.15) is 0 Å². The molecule has 0 bridgehead atoms. The number of hydrogen-bond donors (Lipinski definition) is 0. The van der Waals surface area contributed by atoms with E-state index in [-0.39, 0.29) is 0 Å². The molecule has 0 saturated heterocycles. The van der Waals surface area contributed by atoms with Gasteiger partial charge >= 0.3 is 0 Å². The summed E-state index contributed by atoms with van der Waals surface area (Å²) in [7, 11) is 0. The second kappa shape index (κ2) is 14.1. The van der Waals surface area contributed by atoms with Crippen LogP contribution in [0.2, 0.25) is 0 Å². The van der Waals surface area contributed by atoms with Crippen LogP contribution in [0.25, 0.3) is 143 Å². The van der Waals surface area contributed by atoms with E-state index in [1.54, 1.807) is 0 Å². The summed E-state index contributed by atoms with van der Waals surface area (Å²) in [6.07, 6.45) is 0. The summed E-state index contributed by atoms with van der Waals surface area (Å²) in [4.78, 5) is 0. The lowest BCUT2D eigenvalue weighted by atomic mass is 9.82. The van der Waals surface area contributed by atoms with Gasteiger partial charge in [-0.2, -0.15) is 0 Å². The Labute approximate surface area is 384 Å². The van der Waals surface area contributed by atoms with Crippen LogP contribution in [0.15, 0.2) is 218 Å². The van der Waals surface area contributed by atoms with Gasteiger partial charge in [0.05, 0.1) is 0 Å². The molecular formula is C66H42. The van der Waals surface area contributed by atoms with Crippen LogP contribution in [0.3, 0.4) is 0 Å². The quantitative estimate of drug-likeness (QED) is 0.152. The average Bonchev–Trinajstić information content (AvgIpc) is 3.89. The minimum Gasteiger partial charge on any atom is -0.0622 e. The van der Waals surface area contributed by atoms with E-state index in [9.17, 15) is 0 Å². The molecule has 2 aliphatic carbocycles. The normalized spacial score (nSPS) is 12.1. The minimum atomic E-state index is 1.22. The number of rotatable bonds is 5. The lowest BCUT2D eigenvalue weighted by molar-refractivity contribution is 1.37. The van der Waals surface area contributed by atoms with Gasteiger partial charge in [0.2, 0.25) is 0 Å². The number of benzene rings is 12. The largest absolute Gasteiger partial charge is 0.0622 e. The van der Waals surface area contributed by atoms with Crippen molar-refractivity contribution >= 4 is 43.1 Å². The fraction of sp³-hybridized carbons (Fsp3) is 0.0303. The molecule has 0 N–H and O–H groups in total. The van der Waals surface area contributed by atoms with Crippen LogP contribution in [0.5, 0.6) is 0 Å². The summed E-state index contributed by atoms with van der Waals surface area (Å²) in [6, 6.07) is 81.5. The molecule has 0 aromatic heterocycles. The third kappa shape index (κ3) is 5.16. The van der Waals surface area contributed by atoms with Gasteiger partial charge in [-0.05, 0) is 192 Å². The molecule has 0 nitrogen and oxygen atoms in total. The summed E-state index contributed by atoms with van der Waals surface area (Å²) in [5.41, 5.74) is 26.0. The van der Waals surface area contributed by atoms with Crippen LogP contribution in [0, 0.1) is 13.8 Å². The van der Waals surface area contributed by atoms with Crippen molar-refractivity contribution in [1.29, 1.82) is 0 Å². The summed E-state index contributed by atoms with van der Waals surface area (Å²) >= 11 is 0. The molecular weight excluding hydrogens is 793 g/mol. The van der Waals surface area contributed by atoms with Gasteiger partial charge < -0.3 is 0 Å². The molecule has 12 aromatic rings. The Bertz CT molecular complexity index is 4020. The highest BCUT2D eigenvalue weighted by molar-refractivity contribution is 6.32. The van der Waals surface area contributed by atoms with Crippen LogP contribution in [0.4, 0.5) is 0 Å². The summed E-state index contributed by atoms with van der Waals surface area (Å²) in [5.74, 6) is 0. The standard InChI is InChI=1S/C66H42/c1-39-40(2)60-58-36-45-25-12-13-29-48(45)62(46-27-18-26-44(35-46)41-19-6-3-7-20-41)64(58)53-34-33-52-54-37-57-56(38-55(54)59(39)65(52)66(53)60)61(43-23-10-5-11-24-43)50-31-16-17-32-51(50)63(57)49-30-15-14-28-47(49)42-21-8-4-9-22-42/h3-38H,1-2H3. The van der Waals surface area contributed by atoms with Crippen LogP contribution in [0.1, 0.15) is 11.1 Å². The van der Waals surface area contributed by atoms with Crippen molar-refractivity contribution in [2.24, 2.45) is 0 Å². The summed E-state index contributed by atoms with van der Waals surface area (Å²) < 4.78 is 0.